The van der Waals surface area contributed by atoms with Gasteiger partial charge in [-0.05, 0) is 28.3 Å². The van der Waals surface area contributed by atoms with Crippen molar-refractivity contribution in [1.29, 1.82) is 0 Å². The summed E-state index contributed by atoms with van der Waals surface area (Å²) in [6.45, 7) is 2.71. The van der Waals surface area contributed by atoms with Crippen LogP contribution in [0.4, 0.5) is 0 Å². The van der Waals surface area contributed by atoms with E-state index in [1.54, 1.807) is 0 Å². The van der Waals surface area contributed by atoms with Gasteiger partial charge in [0.25, 0.3) is 0 Å². The zero-order chi connectivity index (χ0) is 22.1. The molecule has 0 saturated carbocycles. The average molecular weight is 429 g/mol. The average Bonchev–Trinajstić information content (AvgIpc) is 3.54. The van der Waals surface area contributed by atoms with Gasteiger partial charge in [-0.25, -0.2) is 9.97 Å². The van der Waals surface area contributed by atoms with Crippen molar-refractivity contribution in [2.24, 2.45) is 7.05 Å². The van der Waals surface area contributed by atoms with Crippen LogP contribution in [0.3, 0.4) is 0 Å². The number of aromatic amines is 1. The van der Waals surface area contributed by atoms with Crippen LogP contribution in [0.25, 0.3) is 33.8 Å². The largest absolute Gasteiger partial charge is 0.388 e. The van der Waals surface area contributed by atoms with Crippen molar-refractivity contribution in [3.8, 4) is 22.5 Å². The molecule has 3 aromatic heterocycles. The van der Waals surface area contributed by atoms with Gasteiger partial charge >= 0.3 is 0 Å². The van der Waals surface area contributed by atoms with Gasteiger partial charge in [-0.3, -0.25) is 0 Å². The highest BCUT2D eigenvalue weighted by atomic mass is 16.3. The fourth-order valence-electron chi connectivity index (χ4n) is 4.03. The Morgan fingerprint density at radius 1 is 0.938 bits per heavy atom. The van der Waals surface area contributed by atoms with Gasteiger partial charge in [-0.2, -0.15) is 5.21 Å². The van der Waals surface area contributed by atoms with E-state index in [0.29, 0.717) is 18.2 Å². The minimum atomic E-state index is -0.107. The number of H-pyrrole nitrogens is 1. The van der Waals surface area contributed by atoms with Gasteiger partial charge in [0.1, 0.15) is 18.3 Å². The van der Waals surface area contributed by atoms with Crippen LogP contribution in [0.1, 0.15) is 30.6 Å². The highest BCUT2D eigenvalue weighted by Crippen LogP contribution is 2.30. The number of benzene rings is 2. The minimum Gasteiger partial charge on any atom is -0.388 e. The van der Waals surface area contributed by atoms with Crippen molar-refractivity contribution in [3.63, 3.8) is 0 Å². The maximum atomic E-state index is 9.59. The van der Waals surface area contributed by atoms with Crippen LogP contribution < -0.4 is 0 Å². The molecule has 0 aliphatic carbocycles. The van der Waals surface area contributed by atoms with E-state index in [0.717, 1.165) is 52.2 Å². The summed E-state index contributed by atoms with van der Waals surface area (Å²) in [7, 11) is 1.89. The molecule has 0 aliphatic rings. The molecule has 3 heterocycles. The van der Waals surface area contributed by atoms with Crippen molar-refractivity contribution in [1.82, 2.24) is 39.7 Å². The number of tetrazole rings is 1. The molecule has 0 unspecified atom stereocenters. The summed E-state index contributed by atoms with van der Waals surface area (Å²) in [4.78, 5) is 9.43. The summed E-state index contributed by atoms with van der Waals surface area (Å²) >= 11 is 0. The zero-order valence-electron chi connectivity index (χ0n) is 18.0. The molecule has 2 N–H and O–H groups in total. The molecule has 0 radical (unpaired) electrons. The van der Waals surface area contributed by atoms with E-state index in [1.807, 2.05) is 29.8 Å². The van der Waals surface area contributed by atoms with Crippen LogP contribution >= 0.6 is 0 Å². The van der Waals surface area contributed by atoms with Crippen LogP contribution in [0.15, 0.2) is 48.5 Å². The first-order valence-corrected chi connectivity index (χ1v) is 10.6. The van der Waals surface area contributed by atoms with Crippen LogP contribution in [0, 0.1) is 0 Å². The first kappa shape index (κ1) is 20.1. The van der Waals surface area contributed by atoms with Crippen molar-refractivity contribution in [3.05, 3.63) is 65.7 Å². The van der Waals surface area contributed by atoms with E-state index in [-0.39, 0.29) is 6.61 Å². The van der Waals surface area contributed by atoms with Crippen molar-refractivity contribution in [2.75, 3.05) is 0 Å². The Labute approximate surface area is 184 Å². The molecule has 9 nitrogen and oxygen atoms in total. The molecule has 162 valence electrons. The first-order chi connectivity index (χ1) is 15.7. The standard InChI is InChI=1S/C23H24N8O/c1-3-6-19-24-22-23(25-20(14-32)30(22)2)31(19)13-15-9-11-16(12-10-15)17-7-4-5-8-18(17)21-26-28-29-27-21/h4-5,7-12,32H,3,6,13-14H2,1-2H3,(H,26,27,28,29). The Balaban J connectivity index is 1.49. The second kappa shape index (κ2) is 8.35. The summed E-state index contributed by atoms with van der Waals surface area (Å²) in [6, 6.07) is 16.5. The molecular formula is C23H24N8O. The SMILES string of the molecule is CCCc1nc2c(nc(CO)n2C)n1Cc1ccc(-c2ccccc2-c2nn[nH]n2)cc1. The van der Waals surface area contributed by atoms with Gasteiger partial charge in [0.05, 0.1) is 6.54 Å². The molecular weight excluding hydrogens is 404 g/mol. The highest BCUT2D eigenvalue weighted by molar-refractivity contribution is 5.80. The third-order valence-electron chi connectivity index (χ3n) is 5.68. The molecule has 0 saturated heterocycles. The maximum Gasteiger partial charge on any atom is 0.205 e. The first-order valence-electron chi connectivity index (χ1n) is 10.6. The molecule has 0 atom stereocenters. The predicted molar refractivity (Wildman–Crippen MR) is 121 cm³/mol. The number of imidazole rings is 2. The summed E-state index contributed by atoms with van der Waals surface area (Å²) in [5.74, 6) is 2.20. The normalized spacial score (nSPS) is 11.5. The number of nitrogens with zero attached hydrogens (tertiary/aromatic N) is 7. The quantitative estimate of drug-likeness (QED) is 0.412. The van der Waals surface area contributed by atoms with Crippen molar-refractivity contribution >= 4 is 11.3 Å². The van der Waals surface area contributed by atoms with Gasteiger partial charge in [0.15, 0.2) is 11.3 Å². The Bertz CT molecular complexity index is 1350. The highest BCUT2D eigenvalue weighted by Gasteiger charge is 2.18. The molecule has 32 heavy (non-hydrogen) atoms. The van der Waals surface area contributed by atoms with Crippen LogP contribution in [-0.2, 0) is 26.6 Å². The van der Waals surface area contributed by atoms with E-state index in [4.69, 9.17) is 4.98 Å². The van der Waals surface area contributed by atoms with Crippen LogP contribution in [-0.4, -0.2) is 44.8 Å². The number of aliphatic hydroxyl groups excluding tert-OH is 1. The van der Waals surface area contributed by atoms with Crippen LogP contribution in [0.5, 0.6) is 0 Å². The smallest absolute Gasteiger partial charge is 0.205 e. The van der Waals surface area contributed by atoms with Gasteiger partial charge in [-0.1, -0.05) is 55.5 Å². The topological polar surface area (TPSA) is 110 Å². The van der Waals surface area contributed by atoms with Gasteiger partial charge in [-0.15, -0.1) is 10.2 Å². The van der Waals surface area contributed by atoms with Gasteiger partial charge < -0.3 is 14.2 Å². The number of rotatable bonds is 7. The van der Waals surface area contributed by atoms with Gasteiger partial charge in [0, 0.05) is 19.0 Å². The minimum absolute atomic E-state index is 0.107. The molecule has 0 spiro atoms. The second-order valence-corrected chi connectivity index (χ2v) is 7.73. The molecule has 0 aliphatic heterocycles. The predicted octanol–water partition coefficient (Wildman–Crippen LogP) is 3.11. The number of hydrogen-bond donors (Lipinski definition) is 2. The van der Waals surface area contributed by atoms with E-state index in [2.05, 4.69) is 67.4 Å². The lowest BCUT2D eigenvalue weighted by atomic mass is 9.98. The number of fused-ring (bicyclic) bond motifs is 1. The molecule has 0 amide bonds. The second-order valence-electron chi connectivity index (χ2n) is 7.73. The summed E-state index contributed by atoms with van der Waals surface area (Å²) < 4.78 is 4.02. The fraction of sp³-hybridized carbons (Fsp3) is 0.261. The van der Waals surface area contributed by atoms with E-state index >= 15 is 0 Å². The number of hydrogen-bond acceptors (Lipinski definition) is 6. The molecule has 5 rings (SSSR count). The lowest BCUT2D eigenvalue weighted by Gasteiger charge is -2.10. The number of aryl methyl sites for hydroxylation is 2. The lowest BCUT2D eigenvalue weighted by Crippen LogP contribution is -2.06. The lowest BCUT2D eigenvalue weighted by molar-refractivity contribution is 0.268. The molecule has 2 aromatic carbocycles. The zero-order valence-corrected chi connectivity index (χ0v) is 18.0. The number of aromatic nitrogens is 8. The Morgan fingerprint density at radius 2 is 1.69 bits per heavy atom. The fourth-order valence-corrected chi connectivity index (χ4v) is 4.03. The molecule has 5 aromatic rings. The van der Waals surface area contributed by atoms with E-state index < -0.39 is 0 Å². The van der Waals surface area contributed by atoms with E-state index in [1.165, 1.54) is 0 Å². The van der Waals surface area contributed by atoms with Crippen molar-refractivity contribution < 1.29 is 5.11 Å². The van der Waals surface area contributed by atoms with Gasteiger partial charge in [0.2, 0.25) is 5.82 Å². The van der Waals surface area contributed by atoms with Crippen molar-refractivity contribution in [2.45, 2.75) is 32.9 Å². The Hall–Kier alpha value is -3.85. The number of nitrogens with one attached hydrogen (secondary N) is 1. The maximum absolute atomic E-state index is 9.59. The third-order valence-corrected chi connectivity index (χ3v) is 5.68. The summed E-state index contributed by atoms with van der Waals surface area (Å²) in [6.07, 6.45) is 1.88. The monoisotopic (exact) mass is 428 g/mol. The third kappa shape index (κ3) is 3.46. The summed E-state index contributed by atoms with van der Waals surface area (Å²) in [5.41, 5.74) is 5.84. The Kier molecular flexibility index (Phi) is 5.24. The molecule has 0 bridgehead atoms. The summed E-state index contributed by atoms with van der Waals surface area (Å²) in [5, 5.41) is 24.0. The Morgan fingerprint density at radius 3 is 2.38 bits per heavy atom. The number of aliphatic hydroxyl groups is 1. The molecule has 0 fully saturated rings. The van der Waals surface area contributed by atoms with E-state index in [9.17, 15) is 5.11 Å². The van der Waals surface area contributed by atoms with Crippen LogP contribution in [0.2, 0.25) is 0 Å². The molecule has 9 heteroatoms.